The van der Waals surface area contributed by atoms with Crippen molar-refractivity contribution in [2.24, 2.45) is 0 Å². The van der Waals surface area contributed by atoms with Crippen LogP contribution in [0.5, 0.6) is 5.75 Å². The molecule has 0 bridgehead atoms. The molecule has 0 aromatic heterocycles. The zero-order chi connectivity index (χ0) is 11.3. The van der Waals surface area contributed by atoms with Crippen molar-refractivity contribution in [1.82, 2.24) is 0 Å². The lowest BCUT2D eigenvalue weighted by Crippen LogP contribution is -2.27. The number of ether oxygens (including phenoxy) is 1. The Balaban J connectivity index is 2.83. The maximum absolute atomic E-state index is 10.4. The lowest BCUT2D eigenvalue weighted by Gasteiger charge is -2.21. The standard InChI is InChI=1S/C12H16O3/c1-12(14,7-8-13)9-10-5-3-4-6-11(10)15-2/h3-6,8,14H,7,9H2,1-2H3. The van der Waals surface area contributed by atoms with Gasteiger partial charge in [-0.2, -0.15) is 0 Å². The van der Waals surface area contributed by atoms with Gasteiger partial charge in [0.25, 0.3) is 0 Å². The molecule has 0 saturated carbocycles. The van der Waals surface area contributed by atoms with Gasteiger partial charge in [-0.05, 0) is 18.6 Å². The Morgan fingerprint density at radius 1 is 1.47 bits per heavy atom. The van der Waals surface area contributed by atoms with Crippen LogP contribution in [0.4, 0.5) is 0 Å². The highest BCUT2D eigenvalue weighted by Gasteiger charge is 2.21. The van der Waals surface area contributed by atoms with Crippen LogP contribution < -0.4 is 4.74 Å². The second-order valence-electron chi connectivity index (χ2n) is 3.86. The Hall–Kier alpha value is -1.35. The molecule has 0 fully saturated rings. The Kier molecular flexibility index (Phi) is 3.86. The van der Waals surface area contributed by atoms with Crippen LogP contribution in [0.3, 0.4) is 0 Å². The summed E-state index contributed by atoms with van der Waals surface area (Å²) in [6.45, 7) is 1.65. The molecule has 0 aliphatic carbocycles. The first kappa shape index (κ1) is 11.7. The van der Waals surface area contributed by atoms with Gasteiger partial charge in [-0.25, -0.2) is 0 Å². The predicted octanol–water partition coefficient (Wildman–Crippen LogP) is 1.58. The smallest absolute Gasteiger partial charge is 0.122 e. The molecule has 0 radical (unpaired) electrons. The lowest BCUT2D eigenvalue weighted by atomic mass is 9.93. The quantitative estimate of drug-likeness (QED) is 0.747. The minimum absolute atomic E-state index is 0.130. The van der Waals surface area contributed by atoms with Crippen LogP contribution in [0.15, 0.2) is 24.3 Å². The van der Waals surface area contributed by atoms with Gasteiger partial charge in [0, 0.05) is 12.8 Å². The third-order valence-electron chi connectivity index (χ3n) is 2.29. The maximum Gasteiger partial charge on any atom is 0.122 e. The number of carbonyl (C=O) groups is 1. The number of para-hydroxylation sites is 1. The minimum Gasteiger partial charge on any atom is -0.496 e. The highest BCUT2D eigenvalue weighted by atomic mass is 16.5. The van der Waals surface area contributed by atoms with Crippen LogP contribution in [0.2, 0.25) is 0 Å². The summed E-state index contributed by atoms with van der Waals surface area (Å²) in [6.07, 6.45) is 1.27. The average molecular weight is 208 g/mol. The largest absolute Gasteiger partial charge is 0.496 e. The van der Waals surface area contributed by atoms with Gasteiger partial charge < -0.3 is 14.6 Å². The number of hydrogen-bond donors (Lipinski definition) is 1. The fourth-order valence-corrected chi connectivity index (χ4v) is 1.51. The highest BCUT2D eigenvalue weighted by Crippen LogP contribution is 2.23. The van der Waals surface area contributed by atoms with E-state index in [-0.39, 0.29) is 6.42 Å². The van der Waals surface area contributed by atoms with Crippen molar-refractivity contribution in [3.8, 4) is 5.75 Å². The van der Waals surface area contributed by atoms with Crippen LogP contribution in [0, 0.1) is 0 Å². The number of carbonyl (C=O) groups excluding carboxylic acids is 1. The van der Waals surface area contributed by atoms with Crippen molar-refractivity contribution in [2.75, 3.05) is 7.11 Å². The summed E-state index contributed by atoms with van der Waals surface area (Å²) in [7, 11) is 1.59. The monoisotopic (exact) mass is 208 g/mol. The van der Waals surface area contributed by atoms with Crippen molar-refractivity contribution in [2.45, 2.75) is 25.4 Å². The van der Waals surface area contributed by atoms with E-state index in [2.05, 4.69) is 0 Å². The first-order chi connectivity index (χ1) is 7.09. The van der Waals surface area contributed by atoms with Gasteiger partial charge in [0.1, 0.15) is 12.0 Å². The third-order valence-corrected chi connectivity index (χ3v) is 2.29. The Morgan fingerprint density at radius 3 is 2.73 bits per heavy atom. The van der Waals surface area contributed by atoms with Gasteiger partial charge in [0.05, 0.1) is 12.7 Å². The molecule has 3 heteroatoms. The molecule has 1 aromatic rings. The molecule has 1 N–H and O–H groups in total. The molecule has 1 atom stereocenters. The van der Waals surface area contributed by atoms with E-state index >= 15 is 0 Å². The molecule has 1 rings (SSSR count). The van der Waals surface area contributed by atoms with E-state index in [4.69, 9.17) is 4.74 Å². The summed E-state index contributed by atoms with van der Waals surface area (Å²) in [5.41, 5.74) is -0.0945. The summed E-state index contributed by atoms with van der Waals surface area (Å²) in [5, 5.41) is 9.90. The van der Waals surface area contributed by atoms with Crippen molar-refractivity contribution >= 4 is 6.29 Å². The molecule has 0 spiro atoms. The van der Waals surface area contributed by atoms with E-state index < -0.39 is 5.60 Å². The Labute approximate surface area is 89.7 Å². The van der Waals surface area contributed by atoms with E-state index in [0.29, 0.717) is 6.42 Å². The van der Waals surface area contributed by atoms with Gasteiger partial charge >= 0.3 is 0 Å². The van der Waals surface area contributed by atoms with Gasteiger partial charge in [0.15, 0.2) is 0 Å². The first-order valence-corrected chi connectivity index (χ1v) is 4.87. The van der Waals surface area contributed by atoms with E-state index in [0.717, 1.165) is 17.6 Å². The summed E-state index contributed by atoms with van der Waals surface area (Å²) in [5.74, 6) is 0.740. The van der Waals surface area contributed by atoms with Gasteiger partial charge in [0.2, 0.25) is 0 Å². The zero-order valence-corrected chi connectivity index (χ0v) is 9.06. The lowest BCUT2D eigenvalue weighted by molar-refractivity contribution is -0.111. The molecule has 0 saturated heterocycles. The van der Waals surface area contributed by atoms with Gasteiger partial charge in [-0.1, -0.05) is 18.2 Å². The average Bonchev–Trinajstić information content (AvgIpc) is 2.17. The number of aliphatic hydroxyl groups is 1. The van der Waals surface area contributed by atoms with Gasteiger partial charge in [-0.15, -0.1) is 0 Å². The molecule has 0 amide bonds. The molecular formula is C12H16O3. The number of benzene rings is 1. The third kappa shape index (κ3) is 3.36. The second-order valence-corrected chi connectivity index (χ2v) is 3.86. The van der Waals surface area contributed by atoms with Crippen molar-refractivity contribution in [1.29, 1.82) is 0 Å². The highest BCUT2D eigenvalue weighted by molar-refractivity contribution is 5.51. The van der Waals surface area contributed by atoms with Crippen LogP contribution in [-0.4, -0.2) is 24.1 Å². The SMILES string of the molecule is COc1ccccc1CC(C)(O)CC=O. The molecule has 1 unspecified atom stereocenters. The Morgan fingerprint density at radius 2 is 2.13 bits per heavy atom. The van der Waals surface area contributed by atoms with Crippen LogP contribution >= 0.6 is 0 Å². The molecule has 3 nitrogen and oxygen atoms in total. The maximum atomic E-state index is 10.4. The fraction of sp³-hybridized carbons (Fsp3) is 0.417. The number of aldehydes is 1. The van der Waals surface area contributed by atoms with E-state index in [9.17, 15) is 9.90 Å². The molecule has 0 heterocycles. The number of rotatable bonds is 5. The summed E-state index contributed by atoms with van der Waals surface area (Å²) < 4.78 is 5.17. The van der Waals surface area contributed by atoms with Crippen LogP contribution in [-0.2, 0) is 11.2 Å². The summed E-state index contributed by atoms with van der Waals surface area (Å²) in [6, 6.07) is 7.48. The molecule has 15 heavy (non-hydrogen) atoms. The van der Waals surface area contributed by atoms with Crippen molar-refractivity contribution in [3.05, 3.63) is 29.8 Å². The van der Waals surface area contributed by atoms with Crippen molar-refractivity contribution < 1.29 is 14.6 Å². The van der Waals surface area contributed by atoms with Gasteiger partial charge in [-0.3, -0.25) is 0 Å². The molecule has 0 aliphatic rings. The van der Waals surface area contributed by atoms with E-state index in [1.807, 2.05) is 24.3 Å². The van der Waals surface area contributed by atoms with Crippen LogP contribution in [0.25, 0.3) is 0 Å². The zero-order valence-electron chi connectivity index (χ0n) is 9.06. The second kappa shape index (κ2) is 4.94. The molecule has 0 aliphatic heterocycles. The Bertz CT molecular complexity index is 331. The first-order valence-electron chi connectivity index (χ1n) is 4.87. The normalized spacial score (nSPS) is 14.3. The topological polar surface area (TPSA) is 46.5 Å². The molecule has 1 aromatic carbocycles. The molecule has 82 valence electrons. The summed E-state index contributed by atoms with van der Waals surface area (Å²) >= 11 is 0. The predicted molar refractivity (Wildman–Crippen MR) is 58.0 cm³/mol. The minimum atomic E-state index is -1.00. The molecular weight excluding hydrogens is 192 g/mol. The van der Waals surface area contributed by atoms with Crippen LogP contribution in [0.1, 0.15) is 18.9 Å². The fourth-order valence-electron chi connectivity index (χ4n) is 1.51. The van der Waals surface area contributed by atoms with Crippen molar-refractivity contribution in [3.63, 3.8) is 0 Å². The number of hydrogen-bond acceptors (Lipinski definition) is 3. The van der Waals surface area contributed by atoms with E-state index in [1.54, 1.807) is 14.0 Å². The number of methoxy groups -OCH3 is 1. The van der Waals surface area contributed by atoms with E-state index in [1.165, 1.54) is 0 Å². The summed E-state index contributed by atoms with van der Waals surface area (Å²) in [4.78, 5) is 10.4.